The van der Waals surface area contributed by atoms with E-state index in [2.05, 4.69) is 5.32 Å². The minimum Gasteiger partial charge on any atom is -0.481 e. The van der Waals surface area contributed by atoms with E-state index in [0.717, 1.165) is 31.5 Å². The number of benzene rings is 1. The van der Waals surface area contributed by atoms with Crippen LogP contribution in [0.3, 0.4) is 0 Å². The molecular formula is C18H25NO3. The van der Waals surface area contributed by atoms with Gasteiger partial charge >= 0.3 is 5.97 Å². The lowest BCUT2D eigenvalue weighted by molar-refractivity contribution is -0.152. The first kappa shape index (κ1) is 16.7. The molecule has 0 radical (unpaired) electrons. The maximum atomic E-state index is 12.9. The molecule has 0 saturated carbocycles. The molecule has 1 saturated heterocycles. The highest BCUT2D eigenvalue weighted by Crippen LogP contribution is 2.33. The molecule has 1 fully saturated rings. The first-order chi connectivity index (χ1) is 10.4. The number of Topliss-reactive ketones (excluding diaryl/α,β-unsaturated/α-hetero) is 1. The molecule has 1 aromatic rings. The second-order valence-electron chi connectivity index (χ2n) is 6.81. The van der Waals surface area contributed by atoms with Crippen LogP contribution < -0.4 is 5.32 Å². The largest absolute Gasteiger partial charge is 0.481 e. The molecule has 0 spiro atoms. The summed E-state index contributed by atoms with van der Waals surface area (Å²) in [6.07, 6.45) is 2.08. The van der Waals surface area contributed by atoms with Gasteiger partial charge in [0.25, 0.3) is 0 Å². The van der Waals surface area contributed by atoms with E-state index >= 15 is 0 Å². The lowest BCUT2D eigenvalue weighted by atomic mass is 9.71. The highest BCUT2D eigenvalue weighted by Gasteiger charge is 2.42. The molecule has 0 aliphatic carbocycles. The maximum absolute atomic E-state index is 12.9. The summed E-state index contributed by atoms with van der Waals surface area (Å²) in [6.45, 7) is 5.31. The first-order valence-corrected chi connectivity index (χ1v) is 7.93. The Balaban J connectivity index is 2.16. The number of rotatable bonds is 6. The van der Waals surface area contributed by atoms with Gasteiger partial charge < -0.3 is 10.4 Å². The number of carboxylic acids is 1. The number of carboxylic acid groups (broad SMARTS) is 1. The molecule has 0 aromatic heterocycles. The molecule has 0 amide bonds. The molecule has 4 heteroatoms. The third-order valence-electron chi connectivity index (χ3n) is 4.56. The smallest absolute Gasteiger partial charge is 0.314 e. The van der Waals surface area contributed by atoms with Gasteiger partial charge in [0.2, 0.25) is 0 Å². The molecule has 1 aromatic carbocycles. The number of ketones is 1. The number of nitrogens with one attached hydrogen (secondary N) is 1. The Morgan fingerprint density at radius 1 is 1.23 bits per heavy atom. The number of hydrogen-bond donors (Lipinski definition) is 2. The normalized spacial score (nSPS) is 17.9. The number of carbonyl (C=O) groups excluding carboxylic acids is 1. The summed E-state index contributed by atoms with van der Waals surface area (Å²) in [6, 6.07) is 9.78. The number of hydrogen-bond acceptors (Lipinski definition) is 3. The van der Waals surface area contributed by atoms with E-state index in [4.69, 9.17) is 0 Å². The zero-order chi connectivity index (χ0) is 16.2. The number of piperidine rings is 1. The van der Waals surface area contributed by atoms with Crippen LogP contribution in [0.15, 0.2) is 30.3 Å². The molecule has 1 unspecified atom stereocenters. The van der Waals surface area contributed by atoms with E-state index in [1.54, 1.807) is 0 Å². The number of carbonyl (C=O) groups is 2. The van der Waals surface area contributed by atoms with Crippen molar-refractivity contribution >= 4 is 11.8 Å². The van der Waals surface area contributed by atoms with E-state index in [9.17, 15) is 14.7 Å². The average Bonchev–Trinajstić information content (AvgIpc) is 2.48. The summed E-state index contributed by atoms with van der Waals surface area (Å²) in [5.41, 5.74) is 0.394. The molecule has 120 valence electrons. The third-order valence-corrected chi connectivity index (χ3v) is 4.56. The quantitative estimate of drug-likeness (QED) is 0.793. The minimum atomic E-state index is -0.974. The van der Waals surface area contributed by atoms with Crippen LogP contribution in [-0.2, 0) is 16.0 Å². The van der Waals surface area contributed by atoms with Crippen LogP contribution in [0.5, 0.6) is 0 Å². The second-order valence-corrected chi connectivity index (χ2v) is 6.81. The van der Waals surface area contributed by atoms with Crippen molar-refractivity contribution in [3.8, 4) is 0 Å². The highest BCUT2D eigenvalue weighted by atomic mass is 16.4. The molecule has 22 heavy (non-hydrogen) atoms. The van der Waals surface area contributed by atoms with Crippen LogP contribution in [0.1, 0.15) is 32.3 Å². The minimum absolute atomic E-state index is 0.0544. The molecule has 4 nitrogen and oxygen atoms in total. The monoisotopic (exact) mass is 303 g/mol. The van der Waals surface area contributed by atoms with E-state index in [1.807, 2.05) is 44.2 Å². The van der Waals surface area contributed by atoms with Crippen molar-refractivity contribution in [2.24, 2.45) is 17.3 Å². The predicted octanol–water partition coefficient (Wildman–Crippen LogP) is 2.52. The fourth-order valence-electron chi connectivity index (χ4n) is 3.32. The number of aliphatic carboxylic acids is 1. The van der Waals surface area contributed by atoms with Crippen molar-refractivity contribution in [1.29, 1.82) is 0 Å². The van der Waals surface area contributed by atoms with E-state index in [1.165, 1.54) is 0 Å². The Morgan fingerprint density at radius 3 is 2.36 bits per heavy atom. The topological polar surface area (TPSA) is 66.4 Å². The van der Waals surface area contributed by atoms with Crippen molar-refractivity contribution in [1.82, 2.24) is 5.32 Å². The molecule has 2 rings (SSSR count). The highest BCUT2D eigenvalue weighted by molar-refractivity contribution is 6.01. The van der Waals surface area contributed by atoms with Crippen molar-refractivity contribution in [2.45, 2.75) is 33.1 Å². The van der Waals surface area contributed by atoms with E-state index in [-0.39, 0.29) is 11.7 Å². The predicted molar refractivity (Wildman–Crippen MR) is 85.7 cm³/mol. The summed E-state index contributed by atoms with van der Waals surface area (Å²) in [5, 5.41) is 12.8. The Morgan fingerprint density at radius 2 is 1.82 bits per heavy atom. The van der Waals surface area contributed by atoms with Crippen LogP contribution in [0.2, 0.25) is 0 Å². The Bertz CT molecular complexity index is 518. The Labute approximate surface area is 131 Å². The Kier molecular flexibility index (Phi) is 5.35. The van der Waals surface area contributed by atoms with E-state index in [0.29, 0.717) is 6.42 Å². The zero-order valence-electron chi connectivity index (χ0n) is 13.3. The van der Waals surface area contributed by atoms with Crippen molar-refractivity contribution < 1.29 is 14.7 Å². The standard InChI is InChI=1S/C18H25NO3/c1-18(2,12-13-6-4-3-5-7-13)16(20)15(17(21)22)14-8-10-19-11-9-14/h3-7,14-15,19H,8-12H2,1-2H3,(H,21,22). The van der Waals surface area contributed by atoms with Gasteiger partial charge in [-0.25, -0.2) is 0 Å². The van der Waals surface area contributed by atoms with Crippen LogP contribution in [0, 0.1) is 17.3 Å². The second kappa shape index (κ2) is 7.05. The van der Waals surface area contributed by atoms with Crippen LogP contribution in [0.25, 0.3) is 0 Å². The molecule has 1 heterocycles. The third kappa shape index (κ3) is 3.95. The molecule has 1 aliphatic heterocycles. The van der Waals surface area contributed by atoms with Gasteiger partial charge in [-0.3, -0.25) is 9.59 Å². The fourth-order valence-corrected chi connectivity index (χ4v) is 3.32. The molecular weight excluding hydrogens is 278 g/mol. The summed E-state index contributed by atoms with van der Waals surface area (Å²) in [5.74, 6) is -2.06. The Hall–Kier alpha value is -1.68. The van der Waals surface area contributed by atoms with Gasteiger partial charge in [0.15, 0.2) is 5.78 Å². The van der Waals surface area contributed by atoms with Crippen LogP contribution in [0.4, 0.5) is 0 Å². The summed E-state index contributed by atoms with van der Waals surface area (Å²) in [4.78, 5) is 24.6. The van der Waals surface area contributed by atoms with Gasteiger partial charge in [-0.2, -0.15) is 0 Å². The molecule has 1 aliphatic rings. The maximum Gasteiger partial charge on any atom is 0.314 e. The molecule has 0 bridgehead atoms. The summed E-state index contributed by atoms with van der Waals surface area (Å²) < 4.78 is 0. The lowest BCUT2D eigenvalue weighted by Crippen LogP contribution is -2.44. The van der Waals surface area contributed by atoms with Crippen molar-refractivity contribution in [3.05, 3.63) is 35.9 Å². The van der Waals surface area contributed by atoms with Gasteiger partial charge in [0, 0.05) is 5.41 Å². The van der Waals surface area contributed by atoms with Crippen molar-refractivity contribution in [2.75, 3.05) is 13.1 Å². The van der Waals surface area contributed by atoms with Crippen LogP contribution in [-0.4, -0.2) is 29.9 Å². The van der Waals surface area contributed by atoms with Crippen LogP contribution >= 0.6 is 0 Å². The molecule has 1 atom stereocenters. The van der Waals surface area contributed by atoms with Gasteiger partial charge in [-0.15, -0.1) is 0 Å². The fraction of sp³-hybridized carbons (Fsp3) is 0.556. The first-order valence-electron chi connectivity index (χ1n) is 7.93. The molecule has 2 N–H and O–H groups in total. The van der Waals surface area contributed by atoms with Gasteiger partial charge in [-0.1, -0.05) is 44.2 Å². The lowest BCUT2D eigenvalue weighted by Gasteiger charge is -2.33. The van der Waals surface area contributed by atoms with Gasteiger partial charge in [-0.05, 0) is 43.8 Å². The van der Waals surface area contributed by atoms with Crippen molar-refractivity contribution in [3.63, 3.8) is 0 Å². The summed E-state index contributed by atoms with van der Waals surface area (Å²) in [7, 11) is 0. The zero-order valence-corrected chi connectivity index (χ0v) is 13.3. The van der Waals surface area contributed by atoms with Gasteiger partial charge in [0.05, 0.1) is 0 Å². The summed E-state index contributed by atoms with van der Waals surface area (Å²) >= 11 is 0. The van der Waals surface area contributed by atoms with E-state index < -0.39 is 17.3 Å². The van der Waals surface area contributed by atoms with Gasteiger partial charge in [0.1, 0.15) is 5.92 Å². The average molecular weight is 303 g/mol. The SMILES string of the molecule is CC(C)(Cc1ccccc1)C(=O)C(C(=O)O)C1CCNCC1.